The van der Waals surface area contributed by atoms with Crippen LogP contribution < -0.4 is 26.2 Å². The summed E-state index contributed by atoms with van der Waals surface area (Å²) in [4.78, 5) is 16.3. The standard InChI is InChI=1S/C76H45BN4/c1-4-14-46(15-5-1)48-30-36-58(37-31-48)80-66-44-57(76-78-65-25-11-10-24-60(65)73(79-76)54-18-8-3-9-19-54)45-67-72(66)77(63-42-55-28-26-50-20-12-22-52-34-40-61(74(63)80)70(55)68(50)52)64-43-56-29-27-51-21-13-23-53-35-41-62(71(56)69(51)53)75(64)81(67)59-38-32-49(33-39-59)47-16-6-2-7-17-47/h1-45H. The quantitative estimate of drug-likeness (QED) is 0.123. The van der Waals surface area contributed by atoms with Crippen LogP contribution in [0.15, 0.2) is 273 Å². The van der Waals surface area contributed by atoms with Gasteiger partial charge in [0.1, 0.15) is 0 Å². The number of anilines is 6. The minimum Gasteiger partial charge on any atom is -0.311 e. The second kappa shape index (κ2) is 16.9. The molecule has 0 unspecified atom stereocenters. The highest BCUT2D eigenvalue weighted by molar-refractivity contribution is 7.01. The van der Waals surface area contributed by atoms with Gasteiger partial charge in [0.2, 0.25) is 0 Å². The van der Waals surface area contributed by atoms with Gasteiger partial charge in [-0.1, -0.05) is 231 Å². The van der Waals surface area contributed by atoms with Crippen LogP contribution in [0.5, 0.6) is 0 Å². The average molecular weight is 1030 g/mol. The zero-order valence-corrected chi connectivity index (χ0v) is 43.8. The molecule has 18 rings (SSSR count). The van der Waals surface area contributed by atoms with Gasteiger partial charge < -0.3 is 9.80 Å². The smallest absolute Gasteiger partial charge is 0.252 e. The molecule has 0 radical (unpaired) electrons. The molecular formula is C76H45BN4. The van der Waals surface area contributed by atoms with Crippen molar-refractivity contribution >= 4 is 133 Å². The Labute approximate surface area is 467 Å². The van der Waals surface area contributed by atoms with Crippen molar-refractivity contribution in [1.29, 1.82) is 0 Å². The summed E-state index contributed by atoms with van der Waals surface area (Å²) in [6.07, 6.45) is 0. The molecule has 0 N–H and O–H groups in total. The number of rotatable bonds is 6. The van der Waals surface area contributed by atoms with Crippen LogP contribution in [0.4, 0.5) is 34.1 Å². The molecule has 1 aromatic heterocycles. The van der Waals surface area contributed by atoms with E-state index in [1.54, 1.807) is 0 Å². The van der Waals surface area contributed by atoms with Crippen LogP contribution in [0, 0.1) is 0 Å². The van der Waals surface area contributed by atoms with Crippen molar-refractivity contribution in [3.05, 3.63) is 273 Å². The molecule has 3 heterocycles. The Balaban J connectivity index is 1.01. The molecule has 372 valence electrons. The molecule has 81 heavy (non-hydrogen) atoms. The van der Waals surface area contributed by atoms with Gasteiger partial charge in [-0.15, -0.1) is 0 Å². The van der Waals surface area contributed by atoms with Gasteiger partial charge in [0.25, 0.3) is 6.71 Å². The van der Waals surface area contributed by atoms with Gasteiger partial charge in [-0.3, -0.25) is 0 Å². The third-order valence-corrected chi connectivity index (χ3v) is 17.6. The van der Waals surface area contributed by atoms with Crippen LogP contribution in [0.1, 0.15) is 0 Å². The molecule has 0 aliphatic carbocycles. The number of hydrogen-bond acceptors (Lipinski definition) is 4. The van der Waals surface area contributed by atoms with E-state index >= 15 is 0 Å². The highest BCUT2D eigenvalue weighted by atomic mass is 15.2. The molecule has 0 atom stereocenters. The van der Waals surface area contributed by atoms with E-state index in [1.807, 2.05) is 0 Å². The number of nitrogens with zero attached hydrogens (tertiary/aromatic N) is 4. The fourth-order valence-electron chi connectivity index (χ4n) is 14.1. The number of benzene rings is 15. The molecule has 4 nitrogen and oxygen atoms in total. The molecule has 0 amide bonds. The summed E-state index contributed by atoms with van der Waals surface area (Å²) >= 11 is 0. The van der Waals surface area contributed by atoms with Crippen LogP contribution in [-0.4, -0.2) is 16.7 Å². The molecule has 2 aliphatic rings. The van der Waals surface area contributed by atoms with Gasteiger partial charge in [0.15, 0.2) is 5.82 Å². The van der Waals surface area contributed by atoms with E-state index in [1.165, 1.54) is 115 Å². The summed E-state index contributed by atoms with van der Waals surface area (Å²) in [6, 6.07) is 101. The first-order valence-electron chi connectivity index (χ1n) is 28.0. The van der Waals surface area contributed by atoms with E-state index in [0.717, 1.165) is 50.5 Å². The summed E-state index contributed by atoms with van der Waals surface area (Å²) in [6.45, 7) is -0.171. The molecule has 16 aromatic rings. The van der Waals surface area contributed by atoms with Crippen LogP contribution in [0.2, 0.25) is 0 Å². The van der Waals surface area contributed by atoms with Gasteiger partial charge in [-0.2, -0.15) is 0 Å². The minimum atomic E-state index is -0.171. The van der Waals surface area contributed by atoms with Crippen molar-refractivity contribution in [2.24, 2.45) is 0 Å². The summed E-state index contributed by atoms with van der Waals surface area (Å²) in [5.74, 6) is 0.671. The monoisotopic (exact) mass is 1020 g/mol. The van der Waals surface area contributed by atoms with Crippen molar-refractivity contribution in [1.82, 2.24) is 9.97 Å². The SMILES string of the molecule is c1ccc(-c2ccc(N3c4cc(-c5nc(-c6ccccc6)c6ccccc6n5)cc5c4B(c4cc6ccc7cccc8ccc(c43)c6c78)c3cc4ccc6cccc7ccc(c3N5c3ccc(-c5ccccc5)cc3)c4c67)cc2)cc1. The van der Waals surface area contributed by atoms with E-state index < -0.39 is 0 Å². The largest absolute Gasteiger partial charge is 0.311 e. The first-order chi connectivity index (χ1) is 40.2. The van der Waals surface area contributed by atoms with E-state index in [9.17, 15) is 0 Å². The summed E-state index contributed by atoms with van der Waals surface area (Å²) in [7, 11) is 0. The third-order valence-electron chi connectivity index (χ3n) is 17.6. The molecule has 5 heteroatoms. The van der Waals surface area contributed by atoms with Gasteiger partial charge in [0.05, 0.1) is 11.2 Å². The number of para-hydroxylation sites is 1. The van der Waals surface area contributed by atoms with E-state index in [2.05, 4.69) is 283 Å². The second-order valence-corrected chi connectivity index (χ2v) is 22.0. The maximum absolute atomic E-state index is 5.64. The van der Waals surface area contributed by atoms with E-state index in [4.69, 9.17) is 9.97 Å². The molecular weight excluding hydrogens is 980 g/mol. The maximum atomic E-state index is 5.64. The Morgan fingerprint density at radius 2 is 0.704 bits per heavy atom. The lowest BCUT2D eigenvalue weighted by molar-refractivity contribution is 1.21. The van der Waals surface area contributed by atoms with Crippen molar-refractivity contribution in [3.63, 3.8) is 0 Å². The highest BCUT2D eigenvalue weighted by Gasteiger charge is 2.46. The first kappa shape index (κ1) is 44.4. The molecule has 0 spiro atoms. The minimum absolute atomic E-state index is 0.171. The highest BCUT2D eigenvalue weighted by Crippen LogP contribution is 2.52. The van der Waals surface area contributed by atoms with Crippen molar-refractivity contribution < 1.29 is 0 Å². The summed E-state index contributed by atoms with van der Waals surface area (Å²) in [5.41, 5.74) is 19.0. The number of fused-ring (bicyclic) bond motifs is 7. The predicted octanol–water partition coefficient (Wildman–Crippen LogP) is 18.2. The fraction of sp³-hybridized carbons (Fsp3) is 0. The Bertz CT molecular complexity index is 4920. The van der Waals surface area contributed by atoms with Gasteiger partial charge >= 0.3 is 0 Å². The Hall–Kier alpha value is -10.6. The number of hydrogen-bond donors (Lipinski definition) is 0. The van der Waals surface area contributed by atoms with E-state index in [-0.39, 0.29) is 6.71 Å². The van der Waals surface area contributed by atoms with Crippen molar-refractivity contribution in [2.45, 2.75) is 0 Å². The summed E-state index contributed by atoms with van der Waals surface area (Å²) in [5, 5.41) is 16.1. The van der Waals surface area contributed by atoms with Crippen LogP contribution in [-0.2, 0) is 0 Å². The normalized spacial score (nSPS) is 12.9. The van der Waals surface area contributed by atoms with Crippen molar-refractivity contribution in [2.75, 3.05) is 9.80 Å². The van der Waals surface area contributed by atoms with Crippen LogP contribution >= 0.6 is 0 Å². The predicted molar refractivity (Wildman–Crippen MR) is 343 cm³/mol. The zero-order chi connectivity index (χ0) is 52.9. The maximum Gasteiger partial charge on any atom is 0.252 e. The molecule has 0 bridgehead atoms. The Morgan fingerprint density at radius 3 is 1.20 bits per heavy atom. The van der Waals surface area contributed by atoms with Crippen LogP contribution in [0.3, 0.4) is 0 Å². The molecule has 0 fully saturated rings. The number of aromatic nitrogens is 2. The van der Waals surface area contributed by atoms with Crippen LogP contribution in [0.25, 0.3) is 120 Å². The second-order valence-electron chi connectivity index (χ2n) is 22.0. The molecule has 15 aromatic carbocycles. The zero-order valence-electron chi connectivity index (χ0n) is 43.8. The van der Waals surface area contributed by atoms with E-state index in [0.29, 0.717) is 5.82 Å². The molecule has 0 saturated heterocycles. The topological polar surface area (TPSA) is 32.3 Å². The molecule has 2 aliphatic heterocycles. The molecule has 0 saturated carbocycles. The lowest BCUT2D eigenvalue weighted by atomic mass is 9.33. The lowest BCUT2D eigenvalue weighted by Crippen LogP contribution is -2.61. The Morgan fingerprint density at radius 1 is 0.284 bits per heavy atom. The third kappa shape index (κ3) is 6.49. The first-order valence-corrected chi connectivity index (χ1v) is 28.0. The van der Waals surface area contributed by atoms with Crippen molar-refractivity contribution in [3.8, 4) is 44.9 Å². The summed E-state index contributed by atoms with van der Waals surface area (Å²) < 4.78 is 0. The van der Waals surface area contributed by atoms with Gasteiger partial charge in [0, 0.05) is 61.4 Å². The average Bonchev–Trinajstić information content (AvgIpc) is 3.66. The fourth-order valence-corrected chi connectivity index (χ4v) is 14.1. The van der Waals surface area contributed by atoms with Gasteiger partial charge in [-0.05, 0) is 135 Å². The Kier molecular flexibility index (Phi) is 9.28. The van der Waals surface area contributed by atoms with Gasteiger partial charge in [-0.25, -0.2) is 9.97 Å². The lowest BCUT2D eigenvalue weighted by Gasteiger charge is -2.45.